The average molecular weight is 260 g/mol. The SMILES string of the molecule is Cc1c(C)c(C)c(C(C)(C)C(C)(C)C=O)c(C)c1C. The Morgan fingerprint density at radius 1 is 0.684 bits per heavy atom. The zero-order valence-electron chi connectivity index (χ0n) is 14.0. The summed E-state index contributed by atoms with van der Waals surface area (Å²) in [5.41, 5.74) is 7.54. The van der Waals surface area contributed by atoms with Crippen LogP contribution in [0.5, 0.6) is 0 Å². The molecule has 0 amide bonds. The third-order valence-corrected chi connectivity index (χ3v) is 5.53. The molecule has 1 nitrogen and oxygen atoms in total. The van der Waals surface area contributed by atoms with Crippen LogP contribution in [0.25, 0.3) is 0 Å². The summed E-state index contributed by atoms with van der Waals surface area (Å²) in [6.45, 7) is 19.4. The van der Waals surface area contributed by atoms with E-state index in [2.05, 4.69) is 48.5 Å². The maximum absolute atomic E-state index is 11.5. The molecule has 0 bridgehead atoms. The highest BCUT2D eigenvalue weighted by atomic mass is 16.1. The van der Waals surface area contributed by atoms with Gasteiger partial charge in [0, 0.05) is 10.8 Å². The van der Waals surface area contributed by atoms with Gasteiger partial charge in [-0.15, -0.1) is 0 Å². The van der Waals surface area contributed by atoms with Crippen LogP contribution in [0.2, 0.25) is 0 Å². The van der Waals surface area contributed by atoms with Crippen LogP contribution in [0.4, 0.5) is 0 Å². The highest BCUT2D eigenvalue weighted by Crippen LogP contribution is 2.44. The first-order valence-electron chi connectivity index (χ1n) is 7.02. The van der Waals surface area contributed by atoms with Gasteiger partial charge in [0.05, 0.1) is 0 Å². The van der Waals surface area contributed by atoms with Crippen molar-refractivity contribution >= 4 is 6.29 Å². The van der Waals surface area contributed by atoms with E-state index in [0.717, 1.165) is 6.29 Å². The number of benzene rings is 1. The molecule has 0 spiro atoms. The minimum atomic E-state index is -0.378. The van der Waals surface area contributed by atoms with E-state index in [1.54, 1.807) is 0 Å². The van der Waals surface area contributed by atoms with Crippen LogP contribution in [0, 0.1) is 40.0 Å². The molecular weight excluding hydrogens is 232 g/mol. The Hall–Kier alpha value is -1.11. The van der Waals surface area contributed by atoms with Gasteiger partial charge in [-0.05, 0) is 68.0 Å². The molecule has 1 rings (SSSR count). The van der Waals surface area contributed by atoms with E-state index >= 15 is 0 Å². The maximum atomic E-state index is 11.5. The number of carbonyl (C=O) groups is 1. The van der Waals surface area contributed by atoms with Gasteiger partial charge in [-0.3, -0.25) is 0 Å². The van der Waals surface area contributed by atoms with E-state index in [0.29, 0.717) is 0 Å². The molecule has 0 radical (unpaired) electrons. The molecule has 0 unspecified atom stereocenters. The maximum Gasteiger partial charge on any atom is 0.126 e. The van der Waals surface area contributed by atoms with Gasteiger partial charge in [-0.1, -0.05) is 27.7 Å². The smallest absolute Gasteiger partial charge is 0.126 e. The van der Waals surface area contributed by atoms with Crippen molar-refractivity contribution in [2.75, 3.05) is 0 Å². The lowest BCUT2D eigenvalue weighted by Crippen LogP contribution is -2.39. The van der Waals surface area contributed by atoms with Gasteiger partial charge >= 0.3 is 0 Å². The van der Waals surface area contributed by atoms with Gasteiger partial charge in [0.2, 0.25) is 0 Å². The van der Waals surface area contributed by atoms with Gasteiger partial charge in [0.25, 0.3) is 0 Å². The third-order valence-electron chi connectivity index (χ3n) is 5.53. The second kappa shape index (κ2) is 4.77. The standard InChI is InChI=1S/C18H28O/c1-11-12(2)14(4)16(15(5)13(11)3)18(8,9)17(6,7)10-19/h10H,1-9H3. The van der Waals surface area contributed by atoms with Crippen molar-refractivity contribution in [3.05, 3.63) is 33.4 Å². The molecule has 0 aliphatic carbocycles. The van der Waals surface area contributed by atoms with E-state index in [-0.39, 0.29) is 10.8 Å². The molecule has 1 aromatic rings. The Bertz CT molecular complexity index is 490. The Morgan fingerprint density at radius 3 is 1.32 bits per heavy atom. The summed E-state index contributed by atoms with van der Waals surface area (Å²) in [6, 6.07) is 0. The van der Waals surface area contributed by atoms with E-state index < -0.39 is 0 Å². The fraction of sp³-hybridized carbons (Fsp3) is 0.611. The van der Waals surface area contributed by atoms with Crippen molar-refractivity contribution in [2.45, 2.75) is 67.7 Å². The van der Waals surface area contributed by atoms with Crippen LogP contribution in [0.1, 0.15) is 61.1 Å². The summed E-state index contributed by atoms with van der Waals surface area (Å²) < 4.78 is 0. The summed E-state index contributed by atoms with van der Waals surface area (Å²) in [6.07, 6.45) is 1.09. The molecule has 0 N–H and O–H groups in total. The minimum Gasteiger partial charge on any atom is -0.303 e. The summed E-state index contributed by atoms with van der Waals surface area (Å²) in [7, 11) is 0. The topological polar surface area (TPSA) is 17.1 Å². The second-order valence-corrected chi connectivity index (χ2v) is 6.96. The van der Waals surface area contributed by atoms with Crippen molar-refractivity contribution in [3.8, 4) is 0 Å². The Morgan fingerprint density at radius 2 is 1.00 bits per heavy atom. The number of carbonyl (C=O) groups excluding carboxylic acids is 1. The Balaban J connectivity index is 3.75. The van der Waals surface area contributed by atoms with Gasteiger partial charge in [-0.25, -0.2) is 0 Å². The normalized spacial score (nSPS) is 12.7. The van der Waals surface area contributed by atoms with Crippen LogP contribution in [0.15, 0.2) is 0 Å². The molecule has 0 aliphatic rings. The number of aldehydes is 1. The monoisotopic (exact) mass is 260 g/mol. The minimum absolute atomic E-state index is 0.174. The Kier molecular flexibility index (Phi) is 4.01. The molecular formula is C18H28O. The highest BCUT2D eigenvalue weighted by Gasteiger charge is 2.40. The number of rotatable bonds is 3. The first-order valence-corrected chi connectivity index (χ1v) is 7.02. The largest absolute Gasteiger partial charge is 0.303 e. The van der Waals surface area contributed by atoms with Crippen molar-refractivity contribution in [3.63, 3.8) is 0 Å². The van der Waals surface area contributed by atoms with Crippen LogP contribution in [-0.4, -0.2) is 6.29 Å². The van der Waals surface area contributed by atoms with Crippen LogP contribution in [0.3, 0.4) is 0 Å². The van der Waals surface area contributed by atoms with Crippen LogP contribution < -0.4 is 0 Å². The number of hydrogen-bond donors (Lipinski definition) is 0. The summed E-state index contributed by atoms with van der Waals surface area (Å²) in [5.74, 6) is 0. The lowest BCUT2D eigenvalue weighted by molar-refractivity contribution is -0.117. The van der Waals surface area contributed by atoms with Gasteiger partial charge in [-0.2, -0.15) is 0 Å². The first-order chi connectivity index (χ1) is 8.49. The van der Waals surface area contributed by atoms with E-state index in [1.165, 1.54) is 33.4 Å². The molecule has 0 aromatic heterocycles. The molecule has 106 valence electrons. The fourth-order valence-corrected chi connectivity index (χ4v) is 2.91. The van der Waals surface area contributed by atoms with Crippen molar-refractivity contribution in [1.82, 2.24) is 0 Å². The van der Waals surface area contributed by atoms with E-state index in [1.807, 2.05) is 13.8 Å². The molecule has 0 atom stereocenters. The zero-order chi connectivity index (χ0) is 15.2. The molecule has 0 aliphatic heterocycles. The number of hydrogen-bond acceptors (Lipinski definition) is 1. The van der Waals surface area contributed by atoms with Crippen molar-refractivity contribution in [1.29, 1.82) is 0 Å². The van der Waals surface area contributed by atoms with Crippen molar-refractivity contribution < 1.29 is 4.79 Å². The molecule has 1 heteroatoms. The second-order valence-electron chi connectivity index (χ2n) is 6.96. The summed E-state index contributed by atoms with van der Waals surface area (Å²) in [4.78, 5) is 11.5. The predicted molar refractivity (Wildman–Crippen MR) is 83.0 cm³/mol. The molecule has 0 fully saturated rings. The molecule has 0 saturated carbocycles. The van der Waals surface area contributed by atoms with Gasteiger partial charge in [0.15, 0.2) is 0 Å². The quantitative estimate of drug-likeness (QED) is 0.718. The van der Waals surface area contributed by atoms with E-state index in [4.69, 9.17) is 0 Å². The van der Waals surface area contributed by atoms with Crippen molar-refractivity contribution in [2.24, 2.45) is 5.41 Å². The van der Waals surface area contributed by atoms with Gasteiger partial charge < -0.3 is 4.79 Å². The van der Waals surface area contributed by atoms with Crippen LogP contribution in [-0.2, 0) is 10.2 Å². The first kappa shape index (κ1) is 15.9. The summed E-state index contributed by atoms with van der Waals surface area (Å²) in [5, 5.41) is 0. The Labute approximate surface area is 118 Å². The third kappa shape index (κ3) is 2.24. The predicted octanol–water partition coefficient (Wildman–Crippen LogP) is 4.73. The molecule has 0 heterocycles. The molecule has 19 heavy (non-hydrogen) atoms. The average Bonchev–Trinajstić information content (AvgIpc) is 2.33. The summed E-state index contributed by atoms with van der Waals surface area (Å²) >= 11 is 0. The lowest BCUT2D eigenvalue weighted by atomic mass is 9.62. The van der Waals surface area contributed by atoms with E-state index in [9.17, 15) is 4.79 Å². The van der Waals surface area contributed by atoms with Gasteiger partial charge in [0.1, 0.15) is 6.29 Å². The van der Waals surface area contributed by atoms with Crippen LogP contribution >= 0.6 is 0 Å². The molecule has 1 aromatic carbocycles. The fourth-order valence-electron chi connectivity index (χ4n) is 2.91. The zero-order valence-corrected chi connectivity index (χ0v) is 14.0. The lowest BCUT2D eigenvalue weighted by Gasteiger charge is -2.41. The highest BCUT2D eigenvalue weighted by molar-refractivity contribution is 5.64. The molecule has 0 saturated heterocycles.